The molecule has 0 radical (unpaired) electrons. The molecule has 0 amide bonds. The van der Waals surface area contributed by atoms with Crippen LogP contribution in [0.25, 0.3) is 0 Å². The number of hydrogen-bond acceptors (Lipinski definition) is 4. The first kappa shape index (κ1) is 15.8. The molecule has 4 heteroatoms. The van der Waals surface area contributed by atoms with Crippen molar-refractivity contribution in [3.63, 3.8) is 0 Å². The molecule has 0 fully saturated rings. The van der Waals surface area contributed by atoms with Crippen molar-refractivity contribution in [3.8, 4) is 0 Å². The molecule has 0 aromatic heterocycles. The van der Waals surface area contributed by atoms with Gasteiger partial charge in [0.2, 0.25) is 12.2 Å². The smallest absolute Gasteiger partial charge is 0.211 e. The van der Waals surface area contributed by atoms with Crippen LogP contribution in [0.2, 0.25) is 0 Å². The maximum Gasteiger partial charge on any atom is 0.237 e. The van der Waals surface area contributed by atoms with Gasteiger partial charge in [-0.05, 0) is 24.7 Å². The molecule has 17 heavy (non-hydrogen) atoms. The summed E-state index contributed by atoms with van der Waals surface area (Å²) in [6, 6.07) is 0. The molecule has 0 spiro atoms. The molecule has 96 valence electrons. The molecule has 0 heterocycles. The van der Waals surface area contributed by atoms with Gasteiger partial charge in [0.05, 0.1) is 0 Å². The second kappa shape index (κ2) is 8.86. The van der Waals surface area contributed by atoms with E-state index >= 15 is 0 Å². The van der Waals surface area contributed by atoms with Gasteiger partial charge in [0.25, 0.3) is 0 Å². The fourth-order valence-corrected chi connectivity index (χ4v) is 2.33. The third-order valence-corrected chi connectivity index (χ3v) is 3.62. The van der Waals surface area contributed by atoms with Crippen LogP contribution in [-0.2, 0) is 9.59 Å². The predicted molar refractivity (Wildman–Crippen MR) is 67.2 cm³/mol. The summed E-state index contributed by atoms with van der Waals surface area (Å²) < 4.78 is 0. The van der Waals surface area contributed by atoms with Gasteiger partial charge >= 0.3 is 0 Å². The number of aliphatic imine (C=N–C) groups is 2. The van der Waals surface area contributed by atoms with Crippen LogP contribution in [0.4, 0.5) is 0 Å². The molecule has 0 aliphatic rings. The zero-order chi connectivity index (χ0) is 13.1. The van der Waals surface area contributed by atoms with Gasteiger partial charge in [0, 0.05) is 0 Å². The van der Waals surface area contributed by atoms with Crippen LogP contribution in [-0.4, -0.2) is 18.3 Å². The zero-order valence-corrected chi connectivity index (χ0v) is 11.0. The fraction of sp³-hybridized carbons (Fsp3) is 0.846. The summed E-state index contributed by atoms with van der Waals surface area (Å²) in [7, 11) is 0. The molecule has 0 unspecified atom stereocenters. The summed E-state index contributed by atoms with van der Waals surface area (Å²) in [5.41, 5.74) is 0.282. The minimum Gasteiger partial charge on any atom is -0.211 e. The molecule has 0 atom stereocenters. The maximum atomic E-state index is 10.2. The van der Waals surface area contributed by atoms with Gasteiger partial charge in [0.15, 0.2) is 6.17 Å². The molecule has 0 rings (SSSR count). The quantitative estimate of drug-likeness (QED) is 0.456. The van der Waals surface area contributed by atoms with E-state index < -0.39 is 6.17 Å². The summed E-state index contributed by atoms with van der Waals surface area (Å²) in [6.45, 7) is 6.53. The van der Waals surface area contributed by atoms with Gasteiger partial charge < -0.3 is 0 Å². The Hall–Kier alpha value is -1.24. The number of hydrogen-bond donors (Lipinski definition) is 0. The Kier molecular flexibility index (Phi) is 8.21. The van der Waals surface area contributed by atoms with E-state index in [1.165, 1.54) is 12.2 Å². The number of isocyanates is 2. The first-order valence-electron chi connectivity index (χ1n) is 6.32. The second-order valence-corrected chi connectivity index (χ2v) is 4.42. The van der Waals surface area contributed by atoms with Crippen molar-refractivity contribution < 1.29 is 9.59 Å². The van der Waals surface area contributed by atoms with Crippen LogP contribution in [0.1, 0.15) is 59.3 Å². The third kappa shape index (κ3) is 5.58. The average Bonchev–Trinajstić information content (AvgIpc) is 2.35. The zero-order valence-electron chi connectivity index (χ0n) is 11.0. The largest absolute Gasteiger partial charge is 0.237 e. The van der Waals surface area contributed by atoms with Crippen molar-refractivity contribution in [2.24, 2.45) is 15.4 Å². The molecule has 4 nitrogen and oxygen atoms in total. The molecular formula is C13H22N2O2. The number of carbonyl (C=O) groups excluding carboxylic acids is 2. The van der Waals surface area contributed by atoms with Crippen molar-refractivity contribution in [3.05, 3.63) is 0 Å². The van der Waals surface area contributed by atoms with E-state index in [1.807, 2.05) is 0 Å². The molecule has 0 aromatic rings. The normalized spacial score (nSPS) is 12.4. The van der Waals surface area contributed by atoms with Crippen molar-refractivity contribution in [1.29, 1.82) is 0 Å². The fourth-order valence-electron chi connectivity index (χ4n) is 2.33. The van der Waals surface area contributed by atoms with Crippen molar-refractivity contribution in [2.75, 3.05) is 0 Å². The van der Waals surface area contributed by atoms with Gasteiger partial charge in [0.1, 0.15) is 0 Å². The monoisotopic (exact) mass is 238 g/mol. The van der Waals surface area contributed by atoms with E-state index in [4.69, 9.17) is 0 Å². The van der Waals surface area contributed by atoms with E-state index in [0.29, 0.717) is 6.42 Å². The van der Waals surface area contributed by atoms with Crippen LogP contribution in [0.3, 0.4) is 0 Å². The van der Waals surface area contributed by atoms with Crippen molar-refractivity contribution >= 4 is 12.2 Å². The molecule has 0 saturated heterocycles. The highest BCUT2D eigenvalue weighted by Crippen LogP contribution is 2.37. The molecule has 0 aliphatic heterocycles. The summed E-state index contributed by atoms with van der Waals surface area (Å²) in [5, 5.41) is 0. The van der Waals surface area contributed by atoms with Gasteiger partial charge in [-0.1, -0.05) is 40.0 Å². The Morgan fingerprint density at radius 2 is 1.53 bits per heavy atom. The standard InChI is InChI=1S/C13H22N2O2/c1-4-8-13(5-2,6-3)9-7-12(14-10-16)15-11-17/h12H,4-9H2,1-3H3. The van der Waals surface area contributed by atoms with E-state index in [0.717, 1.165) is 32.1 Å². The topological polar surface area (TPSA) is 58.9 Å². The third-order valence-electron chi connectivity index (χ3n) is 3.62. The van der Waals surface area contributed by atoms with Gasteiger partial charge in [-0.3, -0.25) is 0 Å². The van der Waals surface area contributed by atoms with Crippen LogP contribution in [0.5, 0.6) is 0 Å². The molecule has 0 N–H and O–H groups in total. The molecular weight excluding hydrogens is 216 g/mol. The lowest BCUT2D eigenvalue weighted by molar-refractivity contribution is 0.205. The number of rotatable bonds is 9. The first-order chi connectivity index (χ1) is 8.17. The Labute approximate surface area is 103 Å². The van der Waals surface area contributed by atoms with E-state index in [-0.39, 0.29) is 5.41 Å². The lowest BCUT2D eigenvalue weighted by Crippen LogP contribution is -2.20. The lowest BCUT2D eigenvalue weighted by atomic mass is 9.74. The van der Waals surface area contributed by atoms with Crippen LogP contribution in [0, 0.1) is 5.41 Å². The maximum absolute atomic E-state index is 10.2. The van der Waals surface area contributed by atoms with E-state index in [9.17, 15) is 9.59 Å². The predicted octanol–water partition coefficient (Wildman–Crippen LogP) is 3.37. The Morgan fingerprint density at radius 1 is 1.00 bits per heavy atom. The minimum atomic E-state index is -0.598. The minimum absolute atomic E-state index is 0.282. The van der Waals surface area contributed by atoms with Gasteiger partial charge in [-0.2, -0.15) is 9.98 Å². The van der Waals surface area contributed by atoms with Crippen LogP contribution >= 0.6 is 0 Å². The highest BCUT2D eigenvalue weighted by molar-refractivity contribution is 5.36. The van der Waals surface area contributed by atoms with Gasteiger partial charge in [-0.15, -0.1) is 0 Å². The summed E-state index contributed by atoms with van der Waals surface area (Å²) in [5.74, 6) is 0. The Bertz CT molecular complexity index is 281. The Balaban J connectivity index is 4.55. The number of nitrogens with zero attached hydrogens (tertiary/aromatic N) is 2. The summed E-state index contributed by atoms with van der Waals surface area (Å²) in [4.78, 5) is 27.4. The molecule has 0 saturated carbocycles. The molecule has 0 aliphatic carbocycles. The average molecular weight is 238 g/mol. The SMILES string of the molecule is CCCC(CC)(CC)CCC(N=C=O)N=C=O. The summed E-state index contributed by atoms with van der Waals surface area (Å²) in [6.07, 6.45) is 8.35. The summed E-state index contributed by atoms with van der Waals surface area (Å²) >= 11 is 0. The highest BCUT2D eigenvalue weighted by Gasteiger charge is 2.25. The van der Waals surface area contributed by atoms with Crippen molar-refractivity contribution in [2.45, 2.75) is 65.5 Å². The second-order valence-electron chi connectivity index (χ2n) is 4.42. The van der Waals surface area contributed by atoms with Crippen LogP contribution < -0.4 is 0 Å². The Morgan fingerprint density at radius 3 is 1.88 bits per heavy atom. The van der Waals surface area contributed by atoms with Crippen LogP contribution in [0.15, 0.2) is 9.98 Å². The van der Waals surface area contributed by atoms with Crippen molar-refractivity contribution in [1.82, 2.24) is 0 Å². The first-order valence-corrected chi connectivity index (χ1v) is 6.32. The van der Waals surface area contributed by atoms with Gasteiger partial charge in [-0.25, -0.2) is 9.59 Å². The molecule has 0 bridgehead atoms. The van der Waals surface area contributed by atoms with E-state index in [2.05, 4.69) is 30.8 Å². The molecule has 0 aromatic carbocycles. The van der Waals surface area contributed by atoms with E-state index in [1.54, 1.807) is 0 Å². The lowest BCUT2D eigenvalue weighted by Gasteiger charge is -2.31. The highest BCUT2D eigenvalue weighted by atomic mass is 16.1.